The average molecular weight is 430 g/mol. The Labute approximate surface area is 159 Å². The van der Waals surface area contributed by atoms with Gasteiger partial charge in [0.05, 0.1) is 12.7 Å². The Kier molecular flexibility index (Phi) is 5.11. The van der Waals surface area contributed by atoms with Crippen molar-refractivity contribution in [1.29, 1.82) is 0 Å². The molecule has 0 amide bonds. The third-order valence-electron chi connectivity index (χ3n) is 5.15. The van der Waals surface area contributed by atoms with E-state index in [2.05, 4.69) is 35.8 Å². The molecule has 2 fully saturated rings. The number of rotatable bonds is 5. The number of aromatic nitrogens is 3. The SMILES string of the molecule is FC1(F)CCN(CCOC2CCN(c3ncnn4cc(Br)cc34)C2)CC1. The van der Waals surface area contributed by atoms with Gasteiger partial charge in [-0.05, 0) is 28.4 Å². The van der Waals surface area contributed by atoms with Crippen LogP contribution >= 0.6 is 15.9 Å². The van der Waals surface area contributed by atoms with E-state index in [0.29, 0.717) is 19.7 Å². The van der Waals surface area contributed by atoms with Gasteiger partial charge in [0.25, 0.3) is 5.92 Å². The van der Waals surface area contributed by atoms with Crippen molar-refractivity contribution in [2.75, 3.05) is 44.2 Å². The molecule has 0 aliphatic carbocycles. The number of anilines is 1. The molecule has 0 radical (unpaired) electrons. The molecular formula is C17H22BrF2N5O. The maximum Gasteiger partial charge on any atom is 0.250 e. The van der Waals surface area contributed by atoms with Crippen molar-refractivity contribution in [3.63, 3.8) is 0 Å². The Balaban J connectivity index is 1.27. The molecule has 0 saturated carbocycles. The number of alkyl halides is 2. The number of hydrogen-bond donors (Lipinski definition) is 0. The highest BCUT2D eigenvalue weighted by molar-refractivity contribution is 9.10. The molecule has 0 aromatic carbocycles. The summed E-state index contributed by atoms with van der Waals surface area (Å²) in [5.74, 6) is -1.57. The fourth-order valence-electron chi connectivity index (χ4n) is 3.64. The summed E-state index contributed by atoms with van der Waals surface area (Å²) in [4.78, 5) is 8.73. The number of hydrogen-bond acceptors (Lipinski definition) is 5. The quantitative estimate of drug-likeness (QED) is 0.730. The average Bonchev–Trinajstić information content (AvgIpc) is 3.21. The highest BCUT2D eigenvalue weighted by Gasteiger charge is 2.34. The van der Waals surface area contributed by atoms with Gasteiger partial charge in [-0.1, -0.05) is 0 Å². The van der Waals surface area contributed by atoms with E-state index in [1.54, 1.807) is 6.33 Å². The summed E-state index contributed by atoms with van der Waals surface area (Å²) in [5, 5.41) is 4.22. The Morgan fingerprint density at radius 1 is 1.27 bits per heavy atom. The number of likely N-dealkylation sites (tertiary alicyclic amines) is 1. The van der Waals surface area contributed by atoms with E-state index in [1.165, 1.54) is 0 Å². The molecule has 4 rings (SSSR count). The molecule has 2 aliphatic heterocycles. The second-order valence-electron chi connectivity index (χ2n) is 7.00. The van der Waals surface area contributed by atoms with Gasteiger partial charge in [0.2, 0.25) is 0 Å². The van der Waals surface area contributed by atoms with Crippen LogP contribution in [0.25, 0.3) is 5.52 Å². The van der Waals surface area contributed by atoms with E-state index in [4.69, 9.17) is 4.74 Å². The lowest BCUT2D eigenvalue weighted by atomic mass is 10.1. The summed E-state index contributed by atoms with van der Waals surface area (Å²) in [6.45, 7) is 3.88. The normalized spacial score (nSPS) is 23.8. The van der Waals surface area contributed by atoms with Gasteiger partial charge < -0.3 is 14.5 Å². The van der Waals surface area contributed by atoms with Crippen LogP contribution in [0.2, 0.25) is 0 Å². The second kappa shape index (κ2) is 7.36. The van der Waals surface area contributed by atoms with Gasteiger partial charge in [-0.3, -0.25) is 0 Å². The van der Waals surface area contributed by atoms with Gasteiger partial charge in [-0.2, -0.15) is 5.10 Å². The Morgan fingerprint density at radius 2 is 2.08 bits per heavy atom. The predicted molar refractivity (Wildman–Crippen MR) is 97.9 cm³/mol. The first-order valence-corrected chi connectivity index (χ1v) is 9.75. The van der Waals surface area contributed by atoms with E-state index in [-0.39, 0.29) is 18.9 Å². The fourth-order valence-corrected chi connectivity index (χ4v) is 4.05. The molecule has 0 spiro atoms. The van der Waals surface area contributed by atoms with Crippen LogP contribution in [0.4, 0.5) is 14.6 Å². The van der Waals surface area contributed by atoms with Crippen molar-refractivity contribution >= 4 is 27.3 Å². The van der Waals surface area contributed by atoms with E-state index >= 15 is 0 Å². The van der Waals surface area contributed by atoms with Crippen molar-refractivity contribution in [1.82, 2.24) is 19.5 Å². The first kappa shape index (κ1) is 18.1. The third-order valence-corrected chi connectivity index (χ3v) is 5.58. The largest absolute Gasteiger partial charge is 0.375 e. The monoisotopic (exact) mass is 429 g/mol. The molecule has 4 heterocycles. The van der Waals surface area contributed by atoms with Gasteiger partial charge in [0.1, 0.15) is 11.8 Å². The van der Waals surface area contributed by atoms with E-state index in [0.717, 1.165) is 41.9 Å². The van der Waals surface area contributed by atoms with Crippen LogP contribution in [0, 0.1) is 0 Å². The molecule has 9 heteroatoms. The maximum atomic E-state index is 13.2. The van der Waals surface area contributed by atoms with Crippen LogP contribution in [0.5, 0.6) is 0 Å². The lowest BCUT2D eigenvalue weighted by Gasteiger charge is -2.31. The Hall–Kier alpha value is -1.32. The maximum absolute atomic E-state index is 13.2. The van der Waals surface area contributed by atoms with Crippen LogP contribution < -0.4 is 4.90 Å². The molecule has 1 atom stereocenters. The molecule has 0 N–H and O–H groups in total. The van der Waals surface area contributed by atoms with Crippen LogP contribution in [-0.2, 0) is 4.74 Å². The van der Waals surface area contributed by atoms with Gasteiger partial charge in [0.15, 0.2) is 5.82 Å². The van der Waals surface area contributed by atoms with Crippen LogP contribution in [0.1, 0.15) is 19.3 Å². The number of nitrogens with zero attached hydrogens (tertiary/aromatic N) is 5. The first-order valence-electron chi connectivity index (χ1n) is 8.96. The third kappa shape index (κ3) is 3.99. The minimum absolute atomic E-state index is 0.0409. The zero-order valence-corrected chi connectivity index (χ0v) is 16.0. The summed E-state index contributed by atoms with van der Waals surface area (Å²) in [7, 11) is 0. The van der Waals surface area contributed by atoms with Crippen molar-refractivity contribution in [2.45, 2.75) is 31.3 Å². The number of fused-ring (bicyclic) bond motifs is 1. The van der Waals surface area contributed by atoms with Crippen molar-refractivity contribution in [3.05, 3.63) is 23.1 Å². The smallest absolute Gasteiger partial charge is 0.250 e. The summed E-state index contributed by atoms with van der Waals surface area (Å²) in [6, 6.07) is 2.01. The standard InChI is InChI=1S/C17H22BrF2N5O/c18-13-9-15-16(21-12-22-25(15)10-13)24-4-1-14(11-24)26-8-7-23-5-2-17(19,20)3-6-23/h9-10,12,14H,1-8,11H2. The van der Waals surface area contributed by atoms with Crippen molar-refractivity contribution in [2.24, 2.45) is 0 Å². The molecular weight excluding hydrogens is 408 g/mol. The fraction of sp³-hybridized carbons (Fsp3) is 0.647. The highest BCUT2D eigenvalue weighted by atomic mass is 79.9. The zero-order chi connectivity index (χ0) is 18.1. The molecule has 2 aliphatic rings. The highest BCUT2D eigenvalue weighted by Crippen LogP contribution is 2.28. The summed E-state index contributed by atoms with van der Waals surface area (Å²) in [6.07, 6.45) is 4.48. The van der Waals surface area contributed by atoms with Crippen LogP contribution in [-0.4, -0.2) is 70.9 Å². The van der Waals surface area contributed by atoms with Gasteiger partial charge in [-0.25, -0.2) is 18.3 Å². The number of piperidine rings is 1. The lowest BCUT2D eigenvalue weighted by Crippen LogP contribution is -2.41. The Bertz CT molecular complexity index is 761. The first-order chi connectivity index (χ1) is 12.5. The minimum Gasteiger partial charge on any atom is -0.375 e. The van der Waals surface area contributed by atoms with E-state index in [1.807, 2.05) is 16.8 Å². The van der Waals surface area contributed by atoms with Crippen molar-refractivity contribution < 1.29 is 13.5 Å². The molecule has 26 heavy (non-hydrogen) atoms. The van der Waals surface area contributed by atoms with Crippen LogP contribution in [0.3, 0.4) is 0 Å². The van der Waals surface area contributed by atoms with E-state index < -0.39 is 5.92 Å². The van der Waals surface area contributed by atoms with Gasteiger partial charge in [0, 0.05) is 56.2 Å². The summed E-state index contributed by atoms with van der Waals surface area (Å²) in [5.41, 5.74) is 0.967. The van der Waals surface area contributed by atoms with Crippen LogP contribution in [0.15, 0.2) is 23.1 Å². The van der Waals surface area contributed by atoms with Gasteiger partial charge in [-0.15, -0.1) is 0 Å². The molecule has 2 aromatic rings. The van der Waals surface area contributed by atoms with Gasteiger partial charge >= 0.3 is 0 Å². The lowest BCUT2D eigenvalue weighted by molar-refractivity contribution is -0.0605. The number of halogens is 3. The topological polar surface area (TPSA) is 45.9 Å². The molecule has 1 unspecified atom stereocenters. The number of ether oxygens (including phenoxy) is 1. The summed E-state index contributed by atoms with van der Waals surface area (Å²) < 4.78 is 35.1. The van der Waals surface area contributed by atoms with Crippen molar-refractivity contribution in [3.8, 4) is 0 Å². The molecule has 0 bridgehead atoms. The Morgan fingerprint density at radius 3 is 2.88 bits per heavy atom. The molecule has 2 aromatic heterocycles. The molecule has 142 valence electrons. The molecule has 2 saturated heterocycles. The summed E-state index contributed by atoms with van der Waals surface area (Å²) >= 11 is 3.47. The molecule has 6 nitrogen and oxygen atoms in total. The van der Waals surface area contributed by atoms with E-state index in [9.17, 15) is 8.78 Å². The minimum atomic E-state index is -2.49. The predicted octanol–water partition coefficient (Wildman–Crippen LogP) is 2.82. The second-order valence-corrected chi connectivity index (χ2v) is 7.91. The zero-order valence-electron chi connectivity index (χ0n) is 14.5.